The highest BCUT2D eigenvalue weighted by molar-refractivity contribution is 5.95. The number of aromatic nitrogens is 2. The van der Waals surface area contributed by atoms with Gasteiger partial charge in [0, 0.05) is 11.6 Å². The zero-order valence-electron chi connectivity index (χ0n) is 15.6. The van der Waals surface area contributed by atoms with E-state index in [1.807, 2.05) is 0 Å². The molecule has 0 unspecified atom stereocenters. The standard InChI is InChI=1S/C18H12F3N3O7/c1-28-13-6-11(12(24(26)27)7-14(13)30-18(20)21)17(25)29-8-15-22-16(23-31-15)9-2-4-10(19)5-3-9/h2-7,18H,8H2,1H3. The molecule has 0 amide bonds. The Hall–Kier alpha value is -4.16. The van der Waals surface area contributed by atoms with Gasteiger partial charge >= 0.3 is 12.6 Å². The lowest BCUT2D eigenvalue weighted by Gasteiger charge is -2.11. The van der Waals surface area contributed by atoms with E-state index >= 15 is 0 Å². The van der Waals surface area contributed by atoms with E-state index in [0.29, 0.717) is 11.6 Å². The predicted molar refractivity (Wildman–Crippen MR) is 95.1 cm³/mol. The molecule has 1 heterocycles. The van der Waals surface area contributed by atoms with Crippen molar-refractivity contribution in [3.05, 3.63) is 63.8 Å². The van der Waals surface area contributed by atoms with Crippen LogP contribution in [-0.4, -0.2) is 34.8 Å². The van der Waals surface area contributed by atoms with Crippen LogP contribution >= 0.6 is 0 Å². The lowest BCUT2D eigenvalue weighted by Crippen LogP contribution is -2.11. The van der Waals surface area contributed by atoms with Gasteiger partial charge in [0.1, 0.15) is 11.4 Å². The van der Waals surface area contributed by atoms with E-state index in [1.54, 1.807) is 0 Å². The number of nitrogens with zero attached hydrogens (tertiary/aromatic N) is 3. The first-order valence-corrected chi connectivity index (χ1v) is 8.35. The van der Waals surface area contributed by atoms with Crippen LogP contribution in [0.25, 0.3) is 11.4 Å². The highest BCUT2D eigenvalue weighted by Gasteiger charge is 2.27. The number of carbonyl (C=O) groups excluding carboxylic acids is 1. The summed E-state index contributed by atoms with van der Waals surface area (Å²) in [5.41, 5.74) is -0.960. The fourth-order valence-corrected chi connectivity index (χ4v) is 2.45. The Morgan fingerprint density at radius 3 is 2.55 bits per heavy atom. The lowest BCUT2D eigenvalue weighted by molar-refractivity contribution is -0.385. The predicted octanol–water partition coefficient (Wildman–Crippen LogP) is 3.75. The molecule has 3 aromatic rings. The molecule has 0 aliphatic carbocycles. The molecular weight excluding hydrogens is 427 g/mol. The van der Waals surface area contributed by atoms with E-state index in [4.69, 9.17) is 14.0 Å². The van der Waals surface area contributed by atoms with E-state index in [0.717, 1.165) is 13.2 Å². The second-order valence-electron chi connectivity index (χ2n) is 5.75. The molecule has 13 heteroatoms. The fourth-order valence-electron chi connectivity index (χ4n) is 2.45. The summed E-state index contributed by atoms with van der Waals surface area (Å²) in [7, 11) is 1.10. The van der Waals surface area contributed by atoms with Gasteiger partial charge in [0.15, 0.2) is 18.1 Å². The molecule has 0 radical (unpaired) electrons. The highest BCUT2D eigenvalue weighted by atomic mass is 19.3. The number of ether oxygens (including phenoxy) is 3. The number of alkyl halides is 2. The highest BCUT2D eigenvalue weighted by Crippen LogP contribution is 2.36. The van der Waals surface area contributed by atoms with Crippen LogP contribution in [0.3, 0.4) is 0 Å². The van der Waals surface area contributed by atoms with E-state index in [1.165, 1.54) is 24.3 Å². The van der Waals surface area contributed by atoms with Gasteiger partial charge in [-0.15, -0.1) is 0 Å². The first-order chi connectivity index (χ1) is 14.8. The van der Waals surface area contributed by atoms with Crippen molar-refractivity contribution in [2.75, 3.05) is 7.11 Å². The van der Waals surface area contributed by atoms with Crippen LogP contribution in [-0.2, 0) is 11.3 Å². The molecule has 2 aromatic carbocycles. The monoisotopic (exact) mass is 439 g/mol. The number of benzene rings is 2. The third kappa shape index (κ3) is 5.07. The van der Waals surface area contributed by atoms with E-state index in [9.17, 15) is 28.1 Å². The molecule has 10 nitrogen and oxygen atoms in total. The van der Waals surface area contributed by atoms with Gasteiger partial charge < -0.3 is 18.7 Å². The molecule has 1 aromatic heterocycles. The van der Waals surface area contributed by atoms with Gasteiger partial charge in [-0.3, -0.25) is 10.1 Å². The Morgan fingerprint density at radius 2 is 1.94 bits per heavy atom. The fraction of sp³-hybridized carbons (Fsp3) is 0.167. The van der Waals surface area contributed by atoms with E-state index in [-0.39, 0.29) is 17.5 Å². The van der Waals surface area contributed by atoms with Gasteiger partial charge in [-0.25, -0.2) is 9.18 Å². The number of esters is 1. The second kappa shape index (κ2) is 9.11. The Labute approximate surface area is 171 Å². The van der Waals surface area contributed by atoms with Crippen molar-refractivity contribution < 1.29 is 41.6 Å². The third-order valence-corrected chi connectivity index (χ3v) is 3.81. The molecular formula is C18H12F3N3O7. The molecule has 0 fully saturated rings. The number of hydrogen-bond donors (Lipinski definition) is 0. The minimum atomic E-state index is -3.26. The van der Waals surface area contributed by atoms with Crippen LogP contribution < -0.4 is 9.47 Å². The molecule has 0 saturated carbocycles. The Bertz CT molecular complexity index is 1100. The lowest BCUT2D eigenvalue weighted by atomic mass is 10.1. The van der Waals surface area contributed by atoms with Crippen molar-refractivity contribution >= 4 is 11.7 Å². The molecule has 0 aliphatic rings. The van der Waals surface area contributed by atoms with Crippen molar-refractivity contribution in [2.45, 2.75) is 13.2 Å². The molecule has 0 atom stereocenters. The summed E-state index contributed by atoms with van der Waals surface area (Å²) in [6.07, 6.45) is 0. The van der Waals surface area contributed by atoms with Gasteiger partial charge in [0.25, 0.3) is 11.6 Å². The summed E-state index contributed by atoms with van der Waals surface area (Å²) >= 11 is 0. The van der Waals surface area contributed by atoms with Crippen LogP contribution in [0.15, 0.2) is 40.9 Å². The van der Waals surface area contributed by atoms with Gasteiger partial charge in [0.2, 0.25) is 5.82 Å². The first-order valence-electron chi connectivity index (χ1n) is 8.35. The summed E-state index contributed by atoms with van der Waals surface area (Å²) in [5.74, 6) is -2.62. The summed E-state index contributed by atoms with van der Waals surface area (Å²) in [6.45, 7) is -3.80. The zero-order valence-corrected chi connectivity index (χ0v) is 15.6. The van der Waals surface area contributed by atoms with E-state index < -0.39 is 46.9 Å². The van der Waals surface area contributed by atoms with Crippen molar-refractivity contribution in [2.24, 2.45) is 0 Å². The number of nitro groups is 1. The third-order valence-electron chi connectivity index (χ3n) is 3.81. The van der Waals surface area contributed by atoms with Crippen molar-refractivity contribution in [3.8, 4) is 22.9 Å². The quantitative estimate of drug-likeness (QED) is 0.293. The van der Waals surface area contributed by atoms with Gasteiger partial charge in [-0.1, -0.05) is 5.16 Å². The maximum Gasteiger partial charge on any atom is 0.387 e. The Morgan fingerprint density at radius 1 is 1.23 bits per heavy atom. The molecule has 0 spiro atoms. The SMILES string of the molecule is COc1cc(C(=O)OCc2nc(-c3ccc(F)cc3)no2)c([N+](=O)[O-])cc1OC(F)F. The molecule has 162 valence electrons. The maximum atomic E-state index is 13.0. The number of nitro benzene ring substituents is 1. The van der Waals surface area contributed by atoms with Crippen LogP contribution in [0, 0.1) is 15.9 Å². The second-order valence-corrected chi connectivity index (χ2v) is 5.75. The zero-order chi connectivity index (χ0) is 22.5. The maximum absolute atomic E-state index is 13.0. The van der Waals surface area contributed by atoms with Gasteiger partial charge in [-0.05, 0) is 24.3 Å². The molecule has 0 N–H and O–H groups in total. The summed E-state index contributed by atoms with van der Waals surface area (Å²) in [5, 5.41) is 14.9. The molecule has 0 aliphatic heterocycles. The first kappa shape index (κ1) is 21.5. The molecule has 3 rings (SSSR count). The van der Waals surface area contributed by atoms with Crippen molar-refractivity contribution in [3.63, 3.8) is 0 Å². The summed E-state index contributed by atoms with van der Waals surface area (Å²) in [4.78, 5) is 26.6. The van der Waals surface area contributed by atoms with Crippen LogP contribution in [0.5, 0.6) is 11.5 Å². The normalized spacial score (nSPS) is 10.7. The van der Waals surface area contributed by atoms with Gasteiger partial charge in [0.05, 0.1) is 18.1 Å². The Kier molecular flexibility index (Phi) is 6.33. The molecule has 31 heavy (non-hydrogen) atoms. The number of carbonyl (C=O) groups is 1. The smallest absolute Gasteiger partial charge is 0.387 e. The minimum Gasteiger partial charge on any atom is -0.493 e. The average Bonchev–Trinajstić information content (AvgIpc) is 3.20. The number of hydrogen-bond acceptors (Lipinski definition) is 9. The molecule has 0 saturated heterocycles. The average molecular weight is 439 g/mol. The van der Waals surface area contributed by atoms with Crippen molar-refractivity contribution in [1.29, 1.82) is 0 Å². The Balaban J connectivity index is 1.78. The van der Waals surface area contributed by atoms with Gasteiger partial charge in [-0.2, -0.15) is 13.8 Å². The number of rotatable bonds is 8. The largest absolute Gasteiger partial charge is 0.493 e. The topological polar surface area (TPSA) is 127 Å². The van der Waals surface area contributed by atoms with Crippen LogP contribution in [0.2, 0.25) is 0 Å². The summed E-state index contributed by atoms with van der Waals surface area (Å²) < 4.78 is 56.9. The number of halogens is 3. The van der Waals surface area contributed by atoms with Crippen LogP contribution in [0.1, 0.15) is 16.2 Å². The van der Waals surface area contributed by atoms with Crippen LogP contribution in [0.4, 0.5) is 18.9 Å². The minimum absolute atomic E-state index is 0.104. The number of methoxy groups -OCH3 is 1. The molecule has 0 bridgehead atoms. The summed E-state index contributed by atoms with van der Waals surface area (Å²) in [6, 6.07) is 6.68. The van der Waals surface area contributed by atoms with Crippen molar-refractivity contribution in [1.82, 2.24) is 10.1 Å². The van der Waals surface area contributed by atoms with E-state index in [2.05, 4.69) is 14.9 Å².